The molecular formula is C19H15ClN4O2. The van der Waals surface area contributed by atoms with Crippen molar-refractivity contribution in [3.05, 3.63) is 76.6 Å². The van der Waals surface area contributed by atoms with E-state index in [4.69, 9.17) is 21.6 Å². The number of rotatable bonds is 5. The SMILES string of the molecule is Cc1cc(OCn2ccc(C(=O)Nc3ccccc3C#N)n2)ccc1Cl. The standard InChI is InChI=1S/C19H15ClN4O2/c1-13-10-15(6-7-16(13)20)26-12-24-9-8-18(23-24)19(25)22-17-5-3-2-4-14(17)11-21/h2-10H,12H2,1H3,(H,22,25). The molecule has 1 amide bonds. The van der Waals surface area contributed by atoms with Crippen molar-refractivity contribution in [2.45, 2.75) is 13.7 Å². The molecule has 2 aromatic carbocycles. The lowest BCUT2D eigenvalue weighted by Crippen LogP contribution is -2.15. The van der Waals surface area contributed by atoms with E-state index >= 15 is 0 Å². The van der Waals surface area contributed by atoms with E-state index in [9.17, 15) is 4.79 Å². The summed E-state index contributed by atoms with van der Waals surface area (Å²) in [5, 5.41) is 16.6. The van der Waals surface area contributed by atoms with Gasteiger partial charge in [0.15, 0.2) is 12.4 Å². The average Bonchev–Trinajstić information content (AvgIpc) is 3.12. The molecule has 0 saturated heterocycles. The van der Waals surface area contributed by atoms with Crippen LogP contribution in [0.2, 0.25) is 5.02 Å². The summed E-state index contributed by atoms with van der Waals surface area (Å²) in [6.07, 6.45) is 1.65. The molecule has 3 rings (SSSR count). The van der Waals surface area contributed by atoms with Crippen molar-refractivity contribution in [1.82, 2.24) is 9.78 Å². The first-order valence-electron chi connectivity index (χ1n) is 7.79. The van der Waals surface area contributed by atoms with Crippen LogP contribution in [0.4, 0.5) is 5.69 Å². The fourth-order valence-electron chi connectivity index (χ4n) is 2.28. The Morgan fingerprint density at radius 2 is 2.12 bits per heavy atom. The van der Waals surface area contributed by atoms with Crippen molar-refractivity contribution in [3.8, 4) is 11.8 Å². The van der Waals surface area contributed by atoms with Gasteiger partial charge < -0.3 is 10.1 Å². The summed E-state index contributed by atoms with van der Waals surface area (Å²) in [5.74, 6) is 0.269. The topological polar surface area (TPSA) is 79.9 Å². The molecule has 0 fully saturated rings. The number of carbonyl (C=O) groups excluding carboxylic acids is 1. The molecule has 130 valence electrons. The Morgan fingerprint density at radius 1 is 1.31 bits per heavy atom. The highest BCUT2D eigenvalue weighted by atomic mass is 35.5. The number of ether oxygens (including phenoxy) is 1. The van der Waals surface area contributed by atoms with Gasteiger partial charge in [-0.2, -0.15) is 10.4 Å². The van der Waals surface area contributed by atoms with Gasteiger partial charge >= 0.3 is 0 Å². The number of para-hydroxylation sites is 1. The molecule has 3 aromatic rings. The second kappa shape index (κ2) is 7.72. The van der Waals surface area contributed by atoms with E-state index in [1.807, 2.05) is 19.1 Å². The van der Waals surface area contributed by atoms with Gasteiger partial charge in [0, 0.05) is 11.2 Å². The molecule has 7 heteroatoms. The van der Waals surface area contributed by atoms with Crippen LogP contribution in [0, 0.1) is 18.3 Å². The van der Waals surface area contributed by atoms with Crippen LogP contribution in [-0.2, 0) is 6.73 Å². The van der Waals surface area contributed by atoms with Crippen molar-refractivity contribution in [2.75, 3.05) is 5.32 Å². The third kappa shape index (κ3) is 4.02. The number of aryl methyl sites for hydroxylation is 1. The Morgan fingerprint density at radius 3 is 2.88 bits per heavy atom. The van der Waals surface area contributed by atoms with E-state index in [1.165, 1.54) is 4.68 Å². The van der Waals surface area contributed by atoms with Crippen molar-refractivity contribution < 1.29 is 9.53 Å². The van der Waals surface area contributed by atoms with Gasteiger partial charge in [-0.15, -0.1) is 0 Å². The number of amides is 1. The number of hydrogen-bond donors (Lipinski definition) is 1. The monoisotopic (exact) mass is 366 g/mol. The van der Waals surface area contributed by atoms with E-state index in [0.717, 1.165) is 5.56 Å². The van der Waals surface area contributed by atoms with Crippen molar-refractivity contribution >= 4 is 23.2 Å². The van der Waals surface area contributed by atoms with Crippen LogP contribution in [0.15, 0.2) is 54.7 Å². The third-order valence-corrected chi connectivity index (χ3v) is 4.09. The number of hydrogen-bond acceptors (Lipinski definition) is 4. The zero-order valence-corrected chi connectivity index (χ0v) is 14.7. The Labute approximate surface area is 155 Å². The summed E-state index contributed by atoms with van der Waals surface area (Å²) < 4.78 is 7.15. The molecule has 1 heterocycles. The number of nitrogens with one attached hydrogen (secondary N) is 1. The van der Waals surface area contributed by atoms with Gasteiger partial charge in [-0.05, 0) is 48.9 Å². The summed E-state index contributed by atoms with van der Waals surface area (Å²) in [6, 6.07) is 15.8. The van der Waals surface area contributed by atoms with Crippen LogP contribution < -0.4 is 10.1 Å². The fraction of sp³-hybridized carbons (Fsp3) is 0.105. The maximum Gasteiger partial charge on any atom is 0.276 e. The largest absolute Gasteiger partial charge is 0.471 e. The Hall–Kier alpha value is -3.30. The third-order valence-electron chi connectivity index (χ3n) is 3.66. The van der Waals surface area contributed by atoms with Crippen molar-refractivity contribution in [2.24, 2.45) is 0 Å². The van der Waals surface area contributed by atoms with Gasteiger partial charge in [0.05, 0.1) is 11.3 Å². The molecule has 1 aromatic heterocycles. The smallest absolute Gasteiger partial charge is 0.276 e. The van der Waals surface area contributed by atoms with Crippen molar-refractivity contribution in [1.29, 1.82) is 5.26 Å². The molecule has 1 N–H and O–H groups in total. The van der Waals surface area contributed by atoms with E-state index in [2.05, 4.69) is 10.4 Å². The number of carbonyl (C=O) groups is 1. The lowest BCUT2D eigenvalue weighted by molar-refractivity contribution is 0.102. The molecule has 0 aliphatic heterocycles. The second-order valence-electron chi connectivity index (χ2n) is 5.54. The Balaban J connectivity index is 1.64. The zero-order chi connectivity index (χ0) is 18.5. The van der Waals surface area contributed by atoms with E-state index < -0.39 is 5.91 Å². The minimum atomic E-state index is -0.395. The van der Waals surface area contributed by atoms with E-state index in [1.54, 1.807) is 48.7 Å². The van der Waals surface area contributed by atoms with Crippen LogP contribution in [-0.4, -0.2) is 15.7 Å². The molecule has 0 atom stereocenters. The van der Waals surface area contributed by atoms with Crippen LogP contribution in [0.25, 0.3) is 0 Å². The summed E-state index contributed by atoms with van der Waals surface area (Å²) in [4.78, 5) is 12.3. The number of nitriles is 1. The second-order valence-corrected chi connectivity index (χ2v) is 5.94. The van der Waals surface area contributed by atoms with Crippen LogP contribution in [0.1, 0.15) is 21.6 Å². The number of nitrogens with zero attached hydrogens (tertiary/aromatic N) is 3. The highest BCUT2D eigenvalue weighted by Crippen LogP contribution is 2.21. The van der Waals surface area contributed by atoms with Crippen LogP contribution in [0.5, 0.6) is 5.75 Å². The summed E-state index contributed by atoms with van der Waals surface area (Å²) in [7, 11) is 0. The predicted octanol–water partition coefficient (Wildman–Crippen LogP) is 4.01. The normalized spacial score (nSPS) is 10.2. The lowest BCUT2D eigenvalue weighted by Gasteiger charge is -2.08. The summed E-state index contributed by atoms with van der Waals surface area (Å²) >= 11 is 5.99. The fourth-order valence-corrected chi connectivity index (χ4v) is 2.40. The quantitative estimate of drug-likeness (QED) is 0.740. The molecule has 0 spiro atoms. The lowest BCUT2D eigenvalue weighted by atomic mass is 10.2. The van der Waals surface area contributed by atoms with E-state index in [0.29, 0.717) is 22.0 Å². The zero-order valence-electron chi connectivity index (χ0n) is 13.9. The maximum absolute atomic E-state index is 12.3. The first-order valence-corrected chi connectivity index (χ1v) is 8.17. The van der Waals surface area contributed by atoms with Gasteiger partial charge in [0.2, 0.25) is 0 Å². The Kier molecular flexibility index (Phi) is 5.20. The van der Waals surface area contributed by atoms with Gasteiger partial charge in [0.25, 0.3) is 5.91 Å². The molecule has 0 radical (unpaired) electrons. The van der Waals surface area contributed by atoms with Gasteiger partial charge in [0.1, 0.15) is 11.8 Å². The summed E-state index contributed by atoms with van der Waals surface area (Å²) in [6.45, 7) is 2.05. The molecule has 0 bridgehead atoms. The Bertz CT molecular complexity index is 991. The minimum Gasteiger partial charge on any atom is -0.471 e. The first kappa shape index (κ1) is 17.5. The summed E-state index contributed by atoms with van der Waals surface area (Å²) in [5.41, 5.74) is 1.98. The van der Waals surface area contributed by atoms with E-state index in [-0.39, 0.29) is 12.4 Å². The molecule has 0 unspecified atom stereocenters. The molecule has 6 nitrogen and oxygen atoms in total. The van der Waals surface area contributed by atoms with Gasteiger partial charge in [-0.1, -0.05) is 23.7 Å². The van der Waals surface area contributed by atoms with Crippen LogP contribution in [0.3, 0.4) is 0 Å². The minimum absolute atomic E-state index is 0.156. The molecule has 0 aliphatic carbocycles. The molecule has 0 aliphatic rings. The number of aromatic nitrogens is 2. The molecule has 26 heavy (non-hydrogen) atoms. The number of benzene rings is 2. The molecular weight excluding hydrogens is 352 g/mol. The number of halogens is 1. The highest BCUT2D eigenvalue weighted by Gasteiger charge is 2.12. The van der Waals surface area contributed by atoms with Gasteiger partial charge in [-0.25, -0.2) is 4.68 Å². The van der Waals surface area contributed by atoms with Gasteiger partial charge in [-0.3, -0.25) is 4.79 Å². The first-order chi connectivity index (χ1) is 12.6. The predicted molar refractivity (Wildman–Crippen MR) is 98.2 cm³/mol. The maximum atomic E-state index is 12.3. The molecule has 0 saturated carbocycles. The highest BCUT2D eigenvalue weighted by molar-refractivity contribution is 6.31. The average molecular weight is 367 g/mol. The van der Waals surface area contributed by atoms with Crippen molar-refractivity contribution in [3.63, 3.8) is 0 Å². The van der Waals surface area contributed by atoms with Crippen LogP contribution >= 0.6 is 11.6 Å². The number of anilines is 1.